The van der Waals surface area contributed by atoms with Crippen LogP contribution in [0.3, 0.4) is 0 Å². The van der Waals surface area contributed by atoms with E-state index < -0.39 is 5.97 Å². The Bertz CT molecular complexity index is 929. The quantitative estimate of drug-likeness (QED) is 0.561. The molecule has 1 aromatic carbocycles. The molecule has 2 aromatic heterocycles. The Kier molecular flexibility index (Phi) is 6.03. The molecule has 0 spiro atoms. The maximum Gasteiger partial charge on any atom is 0.341 e. The van der Waals surface area contributed by atoms with Crippen molar-refractivity contribution in [3.05, 3.63) is 57.4 Å². The van der Waals surface area contributed by atoms with Crippen LogP contribution in [-0.4, -0.2) is 23.5 Å². The number of nitrogens with zero attached hydrogens (tertiary/aromatic N) is 1. The van der Waals surface area contributed by atoms with Gasteiger partial charge in [0.2, 0.25) is 0 Å². The number of thiophene rings is 1. The van der Waals surface area contributed by atoms with E-state index in [0.29, 0.717) is 22.2 Å². The standard InChI is InChI=1S/C20H20N2O3S2/c1-4-25-20(24)17-15(14-7-5-13(6-8-14)12(2)3)9-27-19(17)22-18(23)16-10-26-11-21-16/h5-12H,4H2,1-3H3,(H,22,23). The van der Waals surface area contributed by atoms with E-state index in [1.807, 2.05) is 17.5 Å². The number of ether oxygens (including phenoxy) is 1. The van der Waals surface area contributed by atoms with Crippen molar-refractivity contribution in [2.45, 2.75) is 26.7 Å². The number of thiazole rings is 1. The second-order valence-corrected chi connectivity index (χ2v) is 7.78. The third kappa shape index (κ3) is 4.26. The highest BCUT2D eigenvalue weighted by atomic mass is 32.1. The van der Waals surface area contributed by atoms with E-state index in [1.165, 1.54) is 28.2 Å². The Morgan fingerprint density at radius 1 is 1.19 bits per heavy atom. The van der Waals surface area contributed by atoms with Crippen molar-refractivity contribution in [1.29, 1.82) is 0 Å². The van der Waals surface area contributed by atoms with Gasteiger partial charge in [-0.25, -0.2) is 9.78 Å². The van der Waals surface area contributed by atoms with Crippen LogP contribution in [0.2, 0.25) is 0 Å². The third-order valence-corrected chi connectivity index (χ3v) is 5.53. The lowest BCUT2D eigenvalue weighted by molar-refractivity contribution is 0.0529. The van der Waals surface area contributed by atoms with Gasteiger partial charge in [0.1, 0.15) is 16.3 Å². The normalized spacial score (nSPS) is 10.8. The number of hydrogen-bond donors (Lipinski definition) is 1. The van der Waals surface area contributed by atoms with E-state index in [1.54, 1.807) is 17.8 Å². The van der Waals surface area contributed by atoms with Crippen molar-refractivity contribution >= 4 is 39.6 Å². The summed E-state index contributed by atoms with van der Waals surface area (Å²) in [5, 5.41) is 6.80. The minimum Gasteiger partial charge on any atom is -0.462 e. The van der Waals surface area contributed by atoms with Gasteiger partial charge in [-0.1, -0.05) is 38.1 Å². The number of anilines is 1. The van der Waals surface area contributed by atoms with Crippen LogP contribution in [0, 0.1) is 0 Å². The van der Waals surface area contributed by atoms with Crippen LogP contribution in [0.5, 0.6) is 0 Å². The monoisotopic (exact) mass is 400 g/mol. The van der Waals surface area contributed by atoms with E-state index >= 15 is 0 Å². The van der Waals surface area contributed by atoms with Crippen molar-refractivity contribution in [2.24, 2.45) is 0 Å². The van der Waals surface area contributed by atoms with Crippen LogP contribution in [0.15, 0.2) is 40.5 Å². The van der Waals surface area contributed by atoms with E-state index in [-0.39, 0.29) is 12.5 Å². The maximum absolute atomic E-state index is 12.6. The summed E-state index contributed by atoms with van der Waals surface area (Å²) >= 11 is 2.65. The van der Waals surface area contributed by atoms with Crippen molar-refractivity contribution < 1.29 is 14.3 Å². The molecule has 1 N–H and O–H groups in total. The highest BCUT2D eigenvalue weighted by Gasteiger charge is 2.23. The molecular weight excluding hydrogens is 380 g/mol. The smallest absolute Gasteiger partial charge is 0.341 e. The summed E-state index contributed by atoms with van der Waals surface area (Å²) in [4.78, 5) is 29.0. The topological polar surface area (TPSA) is 68.3 Å². The predicted octanol–water partition coefficient (Wildman–Crippen LogP) is 5.42. The largest absolute Gasteiger partial charge is 0.462 e. The molecular formula is C20H20N2O3S2. The van der Waals surface area contributed by atoms with Gasteiger partial charge in [0, 0.05) is 16.3 Å². The number of nitrogens with one attached hydrogen (secondary N) is 1. The predicted molar refractivity (Wildman–Crippen MR) is 110 cm³/mol. The van der Waals surface area contributed by atoms with Gasteiger partial charge in [-0.15, -0.1) is 22.7 Å². The summed E-state index contributed by atoms with van der Waals surface area (Å²) in [6.07, 6.45) is 0. The number of benzene rings is 1. The number of carbonyl (C=O) groups is 2. The van der Waals surface area contributed by atoms with Crippen LogP contribution in [0.1, 0.15) is 53.1 Å². The van der Waals surface area contributed by atoms with Crippen molar-refractivity contribution in [2.75, 3.05) is 11.9 Å². The summed E-state index contributed by atoms with van der Waals surface area (Å²) in [5.74, 6) is -0.361. The van der Waals surface area contributed by atoms with E-state index in [2.05, 4.69) is 36.3 Å². The molecule has 0 aliphatic rings. The molecule has 0 unspecified atom stereocenters. The lowest BCUT2D eigenvalue weighted by Crippen LogP contribution is -2.15. The number of aromatic nitrogens is 1. The van der Waals surface area contributed by atoms with Crippen LogP contribution in [0.4, 0.5) is 5.00 Å². The number of amides is 1. The lowest BCUT2D eigenvalue weighted by Gasteiger charge is -2.10. The van der Waals surface area contributed by atoms with Gasteiger partial charge in [0.25, 0.3) is 5.91 Å². The van der Waals surface area contributed by atoms with Crippen molar-refractivity contribution in [3.63, 3.8) is 0 Å². The molecule has 1 amide bonds. The molecule has 3 aromatic rings. The molecule has 3 rings (SSSR count). The molecule has 27 heavy (non-hydrogen) atoms. The number of carbonyl (C=O) groups excluding carboxylic acids is 2. The number of hydrogen-bond acceptors (Lipinski definition) is 6. The van der Waals surface area contributed by atoms with Crippen LogP contribution in [0.25, 0.3) is 11.1 Å². The van der Waals surface area contributed by atoms with Gasteiger partial charge in [-0.05, 0) is 24.0 Å². The van der Waals surface area contributed by atoms with Gasteiger partial charge in [-0.3, -0.25) is 4.79 Å². The minimum absolute atomic E-state index is 0.264. The molecule has 0 aliphatic heterocycles. The third-order valence-electron chi connectivity index (χ3n) is 4.05. The molecule has 0 bridgehead atoms. The summed E-state index contributed by atoms with van der Waals surface area (Å²) in [6.45, 7) is 6.29. The summed E-state index contributed by atoms with van der Waals surface area (Å²) in [5.41, 5.74) is 5.18. The molecule has 0 fully saturated rings. The fraction of sp³-hybridized carbons (Fsp3) is 0.250. The minimum atomic E-state index is -0.449. The van der Waals surface area contributed by atoms with Crippen LogP contribution < -0.4 is 5.32 Å². The van der Waals surface area contributed by atoms with E-state index in [4.69, 9.17) is 4.74 Å². The van der Waals surface area contributed by atoms with E-state index in [0.717, 1.165) is 11.1 Å². The Morgan fingerprint density at radius 2 is 1.93 bits per heavy atom. The zero-order chi connectivity index (χ0) is 19.4. The molecule has 5 nitrogen and oxygen atoms in total. The number of esters is 1. The van der Waals surface area contributed by atoms with Gasteiger partial charge >= 0.3 is 5.97 Å². The Hall–Kier alpha value is -2.51. The summed E-state index contributed by atoms with van der Waals surface area (Å²) in [6, 6.07) is 8.10. The van der Waals surface area contributed by atoms with E-state index in [9.17, 15) is 9.59 Å². The maximum atomic E-state index is 12.6. The highest BCUT2D eigenvalue weighted by molar-refractivity contribution is 7.15. The SMILES string of the molecule is CCOC(=O)c1c(-c2ccc(C(C)C)cc2)csc1NC(=O)c1cscn1. The molecule has 0 aliphatic carbocycles. The van der Waals surface area contributed by atoms with Gasteiger partial charge in [0.15, 0.2) is 0 Å². The molecule has 2 heterocycles. The molecule has 140 valence electrons. The van der Waals surface area contributed by atoms with Crippen molar-refractivity contribution in [3.8, 4) is 11.1 Å². The molecule has 7 heteroatoms. The molecule has 0 saturated heterocycles. The summed E-state index contributed by atoms with van der Waals surface area (Å²) < 4.78 is 5.23. The van der Waals surface area contributed by atoms with Gasteiger partial charge < -0.3 is 10.1 Å². The number of rotatable bonds is 6. The van der Waals surface area contributed by atoms with Crippen molar-refractivity contribution in [1.82, 2.24) is 4.98 Å². The van der Waals surface area contributed by atoms with Crippen LogP contribution in [-0.2, 0) is 4.74 Å². The van der Waals surface area contributed by atoms with Gasteiger partial charge in [-0.2, -0.15) is 0 Å². The first-order valence-electron chi connectivity index (χ1n) is 8.59. The van der Waals surface area contributed by atoms with Crippen LogP contribution >= 0.6 is 22.7 Å². The fourth-order valence-electron chi connectivity index (χ4n) is 2.61. The highest BCUT2D eigenvalue weighted by Crippen LogP contribution is 2.37. The zero-order valence-electron chi connectivity index (χ0n) is 15.3. The first kappa shape index (κ1) is 19.3. The average molecular weight is 401 g/mol. The summed E-state index contributed by atoms with van der Waals surface area (Å²) in [7, 11) is 0. The first-order valence-corrected chi connectivity index (χ1v) is 10.4. The Morgan fingerprint density at radius 3 is 2.52 bits per heavy atom. The lowest BCUT2D eigenvalue weighted by atomic mass is 9.98. The first-order chi connectivity index (χ1) is 13.0. The average Bonchev–Trinajstić information content (AvgIpc) is 3.32. The fourth-order valence-corrected chi connectivity index (χ4v) is 4.09. The molecule has 0 atom stereocenters. The Labute approximate surface area is 166 Å². The Balaban J connectivity index is 1.97. The van der Waals surface area contributed by atoms with Gasteiger partial charge in [0.05, 0.1) is 12.1 Å². The molecule has 0 radical (unpaired) electrons. The second kappa shape index (κ2) is 8.45. The molecule has 0 saturated carbocycles. The second-order valence-electron chi connectivity index (χ2n) is 6.18. The zero-order valence-corrected chi connectivity index (χ0v) is 16.9.